The van der Waals surface area contributed by atoms with E-state index < -0.39 is 0 Å². The highest BCUT2D eigenvalue weighted by atomic mass is 15.3. The van der Waals surface area contributed by atoms with Gasteiger partial charge in [-0.05, 0) is 50.4 Å². The van der Waals surface area contributed by atoms with Gasteiger partial charge in [0.05, 0.1) is 0 Å². The fraction of sp³-hybridized carbons (Fsp3) is 1.00. The Morgan fingerprint density at radius 3 is 2.35 bits per heavy atom. The van der Waals surface area contributed by atoms with Gasteiger partial charge in [-0.3, -0.25) is 4.90 Å². The zero-order valence-electron chi connectivity index (χ0n) is 11.7. The van der Waals surface area contributed by atoms with E-state index in [0.29, 0.717) is 0 Å². The van der Waals surface area contributed by atoms with Gasteiger partial charge in [0.15, 0.2) is 0 Å². The van der Waals surface area contributed by atoms with Crippen LogP contribution in [0, 0.1) is 17.8 Å². The second kappa shape index (κ2) is 4.55. The lowest BCUT2D eigenvalue weighted by Crippen LogP contribution is -2.59. The average Bonchev–Trinajstić information content (AvgIpc) is 3.10. The van der Waals surface area contributed by atoms with E-state index in [1.54, 1.807) is 0 Å². The minimum Gasteiger partial charge on any atom is -0.311 e. The van der Waals surface area contributed by atoms with Gasteiger partial charge in [-0.1, -0.05) is 13.8 Å². The van der Waals surface area contributed by atoms with Gasteiger partial charge in [-0.25, -0.2) is 0 Å². The molecule has 0 aromatic rings. The van der Waals surface area contributed by atoms with Crippen molar-refractivity contribution in [1.82, 2.24) is 10.2 Å². The van der Waals surface area contributed by atoms with Crippen molar-refractivity contribution < 1.29 is 0 Å². The zero-order valence-corrected chi connectivity index (χ0v) is 11.7. The number of rotatable bonds is 2. The third kappa shape index (κ3) is 2.26. The van der Waals surface area contributed by atoms with Crippen molar-refractivity contribution in [3.05, 3.63) is 0 Å². The molecular weight excluding hydrogens is 208 g/mol. The summed E-state index contributed by atoms with van der Waals surface area (Å²) in [5.41, 5.74) is 0. The molecule has 98 valence electrons. The number of nitrogens with one attached hydrogen (secondary N) is 1. The summed E-state index contributed by atoms with van der Waals surface area (Å²) >= 11 is 0. The van der Waals surface area contributed by atoms with Crippen molar-refractivity contribution in [3.8, 4) is 0 Å². The molecule has 5 unspecified atom stereocenters. The van der Waals surface area contributed by atoms with Gasteiger partial charge in [0.1, 0.15) is 0 Å². The summed E-state index contributed by atoms with van der Waals surface area (Å²) in [7, 11) is 0. The van der Waals surface area contributed by atoms with E-state index in [1.807, 2.05) is 0 Å². The van der Waals surface area contributed by atoms with Crippen LogP contribution in [-0.2, 0) is 0 Å². The fourth-order valence-electron chi connectivity index (χ4n) is 3.99. The molecule has 0 radical (unpaired) electrons. The van der Waals surface area contributed by atoms with Crippen LogP contribution in [0.25, 0.3) is 0 Å². The first-order valence-corrected chi connectivity index (χ1v) is 7.66. The fourth-order valence-corrected chi connectivity index (χ4v) is 3.99. The summed E-state index contributed by atoms with van der Waals surface area (Å²) in [5.74, 6) is 2.83. The lowest BCUT2D eigenvalue weighted by Gasteiger charge is -2.44. The van der Waals surface area contributed by atoms with E-state index in [-0.39, 0.29) is 0 Å². The monoisotopic (exact) mass is 236 g/mol. The van der Waals surface area contributed by atoms with Crippen LogP contribution in [0.15, 0.2) is 0 Å². The Hall–Kier alpha value is -0.0800. The predicted octanol–water partition coefficient (Wildman–Crippen LogP) is 2.49. The van der Waals surface area contributed by atoms with Crippen LogP contribution in [0.3, 0.4) is 0 Å². The van der Waals surface area contributed by atoms with Crippen molar-refractivity contribution in [2.75, 3.05) is 13.1 Å². The van der Waals surface area contributed by atoms with Crippen LogP contribution in [0.5, 0.6) is 0 Å². The van der Waals surface area contributed by atoms with Crippen LogP contribution in [0.4, 0.5) is 0 Å². The number of nitrogens with zero attached hydrogens (tertiary/aromatic N) is 1. The second-order valence-electron chi connectivity index (χ2n) is 6.88. The van der Waals surface area contributed by atoms with Crippen LogP contribution >= 0.6 is 0 Å². The molecular formula is C15H28N2. The van der Waals surface area contributed by atoms with Gasteiger partial charge in [-0.2, -0.15) is 0 Å². The predicted molar refractivity (Wildman–Crippen MR) is 72.0 cm³/mol. The molecule has 2 aliphatic carbocycles. The zero-order chi connectivity index (χ0) is 12.0. The van der Waals surface area contributed by atoms with Crippen molar-refractivity contribution >= 4 is 0 Å². The molecule has 0 aromatic heterocycles. The molecule has 5 atom stereocenters. The van der Waals surface area contributed by atoms with E-state index in [2.05, 4.69) is 31.0 Å². The maximum atomic E-state index is 3.77. The van der Waals surface area contributed by atoms with Gasteiger partial charge in [-0.15, -0.1) is 0 Å². The molecule has 0 aromatic carbocycles. The number of piperazine rings is 1. The summed E-state index contributed by atoms with van der Waals surface area (Å²) in [6, 6.07) is 2.40. The van der Waals surface area contributed by atoms with Crippen LogP contribution in [0.2, 0.25) is 0 Å². The third-order valence-corrected chi connectivity index (χ3v) is 5.69. The summed E-state index contributed by atoms with van der Waals surface area (Å²) in [6.07, 6.45) is 5.81. The molecule has 2 saturated carbocycles. The average molecular weight is 236 g/mol. The Morgan fingerprint density at radius 1 is 1.00 bits per heavy atom. The minimum absolute atomic E-state index is 0.739. The van der Waals surface area contributed by atoms with Crippen molar-refractivity contribution in [2.45, 2.75) is 64.6 Å². The van der Waals surface area contributed by atoms with Gasteiger partial charge in [0.2, 0.25) is 0 Å². The quantitative estimate of drug-likeness (QED) is 0.792. The Morgan fingerprint density at radius 2 is 1.76 bits per heavy atom. The van der Waals surface area contributed by atoms with E-state index in [1.165, 1.54) is 38.8 Å². The summed E-state index contributed by atoms with van der Waals surface area (Å²) < 4.78 is 0. The molecule has 1 aliphatic heterocycles. The molecule has 3 fully saturated rings. The molecule has 1 heterocycles. The molecule has 2 nitrogen and oxygen atoms in total. The Labute approximate surface area is 106 Å². The van der Waals surface area contributed by atoms with Crippen molar-refractivity contribution in [2.24, 2.45) is 17.8 Å². The molecule has 2 heteroatoms. The van der Waals surface area contributed by atoms with E-state index in [0.717, 1.165) is 35.9 Å². The van der Waals surface area contributed by atoms with Gasteiger partial charge in [0.25, 0.3) is 0 Å². The normalized spacial score (nSPS) is 48.5. The summed E-state index contributed by atoms with van der Waals surface area (Å²) in [4.78, 5) is 2.84. The smallest absolute Gasteiger partial charge is 0.0224 e. The van der Waals surface area contributed by atoms with Crippen LogP contribution in [0.1, 0.15) is 46.5 Å². The first kappa shape index (κ1) is 12.0. The van der Waals surface area contributed by atoms with Crippen LogP contribution < -0.4 is 5.32 Å². The maximum absolute atomic E-state index is 3.77. The van der Waals surface area contributed by atoms with E-state index in [4.69, 9.17) is 0 Å². The minimum atomic E-state index is 0.739. The molecule has 1 saturated heterocycles. The Bertz CT molecular complexity index is 274. The molecule has 0 spiro atoms. The lowest BCUT2D eigenvalue weighted by atomic mass is 9.94. The molecule has 3 rings (SSSR count). The lowest BCUT2D eigenvalue weighted by molar-refractivity contribution is 0.0646. The second-order valence-corrected chi connectivity index (χ2v) is 6.88. The standard InChI is InChI=1S/C15H28N2/c1-10-4-7-15(12(10)3)17-9-14(13-5-6-13)16-8-11(17)2/h10-16H,4-9H2,1-3H3. The highest BCUT2D eigenvalue weighted by Gasteiger charge is 2.41. The highest BCUT2D eigenvalue weighted by Crippen LogP contribution is 2.39. The van der Waals surface area contributed by atoms with Crippen molar-refractivity contribution in [1.29, 1.82) is 0 Å². The van der Waals surface area contributed by atoms with Crippen molar-refractivity contribution in [3.63, 3.8) is 0 Å². The summed E-state index contributed by atoms with van der Waals surface area (Å²) in [6.45, 7) is 9.84. The Balaban J connectivity index is 1.67. The van der Waals surface area contributed by atoms with Gasteiger partial charge < -0.3 is 5.32 Å². The number of hydrogen-bond donors (Lipinski definition) is 1. The maximum Gasteiger partial charge on any atom is 0.0224 e. The molecule has 0 amide bonds. The Kier molecular flexibility index (Phi) is 3.20. The SMILES string of the molecule is CC1CCC(N2CC(C3CC3)NCC2C)C1C. The molecule has 1 N–H and O–H groups in total. The van der Waals surface area contributed by atoms with E-state index in [9.17, 15) is 0 Å². The van der Waals surface area contributed by atoms with E-state index >= 15 is 0 Å². The molecule has 3 aliphatic rings. The first-order chi connectivity index (χ1) is 8.16. The third-order valence-electron chi connectivity index (χ3n) is 5.69. The first-order valence-electron chi connectivity index (χ1n) is 7.66. The molecule has 0 bridgehead atoms. The largest absolute Gasteiger partial charge is 0.311 e. The van der Waals surface area contributed by atoms with Gasteiger partial charge in [0, 0.05) is 31.2 Å². The number of hydrogen-bond acceptors (Lipinski definition) is 2. The summed E-state index contributed by atoms with van der Waals surface area (Å²) in [5, 5.41) is 3.77. The highest BCUT2D eigenvalue weighted by molar-refractivity contribution is 4.98. The topological polar surface area (TPSA) is 15.3 Å². The van der Waals surface area contributed by atoms with Gasteiger partial charge >= 0.3 is 0 Å². The molecule has 17 heavy (non-hydrogen) atoms. The van der Waals surface area contributed by atoms with Crippen LogP contribution in [-0.4, -0.2) is 36.1 Å².